The van der Waals surface area contributed by atoms with Gasteiger partial charge >= 0.3 is 13.7 Å². The van der Waals surface area contributed by atoms with Gasteiger partial charge < -0.3 is 30.4 Å². The van der Waals surface area contributed by atoms with Crippen molar-refractivity contribution in [2.75, 3.05) is 19.1 Å². The molecule has 254 valence electrons. The number of amides is 3. The summed E-state index contributed by atoms with van der Waals surface area (Å²) in [5.41, 5.74) is -0.757. The van der Waals surface area contributed by atoms with E-state index >= 15 is 0 Å². The molecule has 0 spiro atoms. The molecule has 1 heterocycles. The monoisotopic (exact) mass is 697 g/mol. The molecule has 1 aliphatic rings. The molecule has 15 heteroatoms. The predicted molar refractivity (Wildman–Crippen MR) is 178 cm³/mol. The Bertz CT molecular complexity index is 1300. The van der Waals surface area contributed by atoms with E-state index in [4.69, 9.17) is 19.1 Å². The highest BCUT2D eigenvalue weighted by Crippen LogP contribution is 2.54. The maximum absolute atomic E-state index is 14.4. The van der Waals surface area contributed by atoms with Gasteiger partial charge in [-0.05, 0) is 92.1 Å². The van der Waals surface area contributed by atoms with Crippen molar-refractivity contribution in [3.05, 3.63) is 48.5 Å². The number of hydrogen-bond donors (Lipinski definition) is 3. The fourth-order valence-corrected chi connectivity index (χ4v) is 7.11. The van der Waals surface area contributed by atoms with E-state index in [2.05, 4.69) is 10.6 Å². The highest BCUT2D eigenvalue weighted by molar-refractivity contribution is 7.98. The molecular formula is C31H44N3O9PS2. The number of rotatable bonds is 15. The summed E-state index contributed by atoms with van der Waals surface area (Å²) in [4.78, 5) is 53.4. The van der Waals surface area contributed by atoms with Crippen LogP contribution in [0.25, 0.3) is 0 Å². The van der Waals surface area contributed by atoms with Gasteiger partial charge in [0.1, 0.15) is 17.9 Å². The van der Waals surface area contributed by atoms with Gasteiger partial charge in [-0.2, -0.15) is 0 Å². The zero-order valence-electron chi connectivity index (χ0n) is 27.0. The lowest BCUT2D eigenvalue weighted by Crippen LogP contribution is -2.61. The largest absolute Gasteiger partial charge is 0.465 e. The van der Waals surface area contributed by atoms with Crippen LogP contribution in [0.5, 0.6) is 11.5 Å². The van der Waals surface area contributed by atoms with Crippen LogP contribution in [0.15, 0.2) is 58.3 Å². The van der Waals surface area contributed by atoms with Crippen molar-refractivity contribution in [3.63, 3.8) is 0 Å². The van der Waals surface area contributed by atoms with Gasteiger partial charge in [0.05, 0.1) is 0 Å². The Kier molecular flexibility index (Phi) is 14.1. The van der Waals surface area contributed by atoms with Crippen molar-refractivity contribution < 1.29 is 43.2 Å². The molecule has 3 atom stereocenters. The first kappa shape index (κ1) is 37.6. The Hall–Kier alpha value is -2.90. The van der Waals surface area contributed by atoms with Crippen LogP contribution in [0.3, 0.4) is 0 Å². The van der Waals surface area contributed by atoms with E-state index in [1.54, 1.807) is 68.6 Å². The lowest BCUT2D eigenvalue weighted by Gasteiger charge is -2.40. The summed E-state index contributed by atoms with van der Waals surface area (Å²) in [6.07, 6.45) is 4.83. The van der Waals surface area contributed by atoms with Crippen molar-refractivity contribution in [2.24, 2.45) is 5.41 Å². The third-order valence-electron chi connectivity index (χ3n) is 7.32. The molecule has 0 bridgehead atoms. The Labute approximate surface area is 279 Å². The van der Waals surface area contributed by atoms with Gasteiger partial charge in [0.25, 0.3) is 0 Å². The molecular weight excluding hydrogens is 653 g/mol. The predicted octanol–water partition coefficient (Wildman–Crippen LogP) is 6.95. The SMILES string of the molecule is CCC[C@H](NC(=O)[C@@H]1CCCCN1C(=O)[C@@H](NC(=O)O)C(C)(C)C)P(=O)(OOc1ccc(SC)cc1)OOc1ccc(SC)cc1. The quantitative estimate of drug-likeness (QED) is 0.0767. The van der Waals surface area contributed by atoms with E-state index in [1.807, 2.05) is 43.7 Å². The minimum absolute atomic E-state index is 0.165. The van der Waals surface area contributed by atoms with Gasteiger partial charge in [-0.15, -0.1) is 23.5 Å². The molecule has 0 aliphatic carbocycles. The number of carbonyl (C=O) groups excluding carboxylic acids is 2. The van der Waals surface area contributed by atoms with Crippen LogP contribution in [0.4, 0.5) is 4.79 Å². The molecule has 46 heavy (non-hydrogen) atoms. The second-order valence-corrected chi connectivity index (χ2v) is 15.6. The number of likely N-dealkylation sites (tertiary alicyclic amines) is 1. The number of nitrogens with one attached hydrogen (secondary N) is 2. The maximum Gasteiger partial charge on any atom is 0.426 e. The molecule has 2 aromatic carbocycles. The van der Waals surface area contributed by atoms with Crippen molar-refractivity contribution in [1.29, 1.82) is 0 Å². The average Bonchev–Trinajstić information content (AvgIpc) is 3.04. The third kappa shape index (κ3) is 10.6. The highest BCUT2D eigenvalue weighted by Gasteiger charge is 2.45. The second-order valence-electron chi connectivity index (χ2n) is 11.8. The number of hydrogen-bond acceptors (Lipinski definition) is 10. The maximum atomic E-state index is 14.4. The third-order valence-corrected chi connectivity index (χ3v) is 10.5. The fourth-order valence-electron chi connectivity index (χ4n) is 4.82. The smallest absolute Gasteiger partial charge is 0.426 e. The summed E-state index contributed by atoms with van der Waals surface area (Å²) in [5.74, 6) is -1.77. The summed E-state index contributed by atoms with van der Waals surface area (Å²) in [5, 5.41) is 14.5. The van der Waals surface area contributed by atoms with E-state index in [0.29, 0.717) is 25.7 Å². The zero-order valence-corrected chi connectivity index (χ0v) is 29.5. The number of carboxylic acid groups (broad SMARTS) is 1. The van der Waals surface area contributed by atoms with Crippen LogP contribution in [-0.2, 0) is 23.5 Å². The first-order valence-corrected chi connectivity index (χ1v) is 19.1. The Morgan fingerprint density at radius 1 is 0.935 bits per heavy atom. The van der Waals surface area contributed by atoms with E-state index in [1.165, 1.54) is 4.90 Å². The summed E-state index contributed by atoms with van der Waals surface area (Å²) >= 11 is 3.09. The molecule has 0 radical (unpaired) electrons. The number of nitrogens with zero attached hydrogens (tertiary/aromatic N) is 1. The van der Waals surface area contributed by atoms with Gasteiger partial charge in [-0.3, -0.25) is 14.2 Å². The molecule has 3 amide bonds. The molecule has 1 fully saturated rings. The molecule has 0 unspecified atom stereocenters. The van der Waals surface area contributed by atoms with Gasteiger partial charge in [0.15, 0.2) is 11.5 Å². The van der Waals surface area contributed by atoms with E-state index in [-0.39, 0.29) is 24.5 Å². The Balaban J connectivity index is 1.88. The second kappa shape index (κ2) is 17.3. The topological polar surface area (TPSA) is 153 Å². The standard InChI is InChI=1S/C31H44N3O9PS2/c1-7-10-26(32-28(35)25-11-8-9-20-34(25)29(36)27(31(2,3)4)33-30(37)38)44(39,42-40-21-12-16-23(45-5)17-13-21)43-41-22-14-18-24(46-6)19-15-22/h12-19,25-27,33H,7-11,20H2,1-6H3,(H,32,35)(H,37,38)/t25-,26+,27+/m0/s1. The normalized spacial score (nSPS) is 16.7. The van der Waals surface area contributed by atoms with Crippen LogP contribution in [0, 0.1) is 5.41 Å². The zero-order chi connectivity index (χ0) is 33.9. The number of piperidine rings is 1. The fraction of sp³-hybridized carbons (Fsp3) is 0.516. The van der Waals surface area contributed by atoms with Crippen LogP contribution >= 0.6 is 31.1 Å². The van der Waals surface area contributed by atoms with Crippen molar-refractivity contribution in [2.45, 2.75) is 87.5 Å². The average molecular weight is 698 g/mol. The van der Waals surface area contributed by atoms with Crippen LogP contribution in [0.2, 0.25) is 0 Å². The van der Waals surface area contributed by atoms with Crippen LogP contribution in [-0.4, -0.2) is 64.8 Å². The molecule has 2 aromatic rings. The first-order chi connectivity index (χ1) is 21.8. The van der Waals surface area contributed by atoms with E-state index in [9.17, 15) is 24.1 Å². The van der Waals surface area contributed by atoms with Crippen LogP contribution < -0.4 is 20.4 Å². The first-order valence-electron chi connectivity index (χ1n) is 15.0. The van der Waals surface area contributed by atoms with E-state index in [0.717, 1.165) is 9.79 Å². The molecule has 1 saturated heterocycles. The molecule has 0 aromatic heterocycles. The van der Waals surface area contributed by atoms with Crippen LogP contribution in [0.1, 0.15) is 59.8 Å². The Morgan fingerprint density at radius 3 is 1.89 bits per heavy atom. The van der Waals surface area contributed by atoms with Gasteiger partial charge in [0, 0.05) is 16.3 Å². The number of thioether (sulfide) groups is 2. The van der Waals surface area contributed by atoms with E-state index < -0.39 is 48.8 Å². The highest BCUT2D eigenvalue weighted by atomic mass is 32.2. The van der Waals surface area contributed by atoms with Crippen molar-refractivity contribution in [1.82, 2.24) is 15.5 Å². The minimum Gasteiger partial charge on any atom is -0.465 e. The molecule has 3 rings (SSSR count). The summed E-state index contributed by atoms with van der Waals surface area (Å²) in [7, 11) is -4.41. The summed E-state index contributed by atoms with van der Waals surface area (Å²) < 4.78 is 25.4. The minimum atomic E-state index is -4.41. The van der Waals surface area contributed by atoms with Gasteiger partial charge in [-0.1, -0.05) is 43.5 Å². The summed E-state index contributed by atoms with van der Waals surface area (Å²) in [6.45, 7) is 7.34. The van der Waals surface area contributed by atoms with Crippen molar-refractivity contribution in [3.8, 4) is 11.5 Å². The number of benzene rings is 2. The lowest BCUT2D eigenvalue weighted by molar-refractivity contribution is -0.174. The summed E-state index contributed by atoms with van der Waals surface area (Å²) in [6, 6.07) is 11.8. The molecule has 3 N–H and O–H groups in total. The molecule has 0 saturated carbocycles. The molecule has 12 nitrogen and oxygen atoms in total. The van der Waals surface area contributed by atoms with Gasteiger partial charge in [-0.25, -0.2) is 4.79 Å². The lowest BCUT2D eigenvalue weighted by atomic mass is 9.85. The van der Waals surface area contributed by atoms with Crippen molar-refractivity contribution >= 4 is 49.0 Å². The molecule has 1 aliphatic heterocycles. The van der Waals surface area contributed by atoms with Gasteiger partial charge in [0.2, 0.25) is 11.8 Å². The number of carbonyl (C=O) groups is 3. The Morgan fingerprint density at radius 2 is 1.46 bits per heavy atom.